The third-order valence-electron chi connectivity index (χ3n) is 3.57. The molecule has 0 saturated heterocycles. The third kappa shape index (κ3) is 2.22. The number of hydrogen-bond acceptors (Lipinski definition) is 3. The van der Waals surface area contributed by atoms with Crippen molar-refractivity contribution in [3.63, 3.8) is 0 Å². The van der Waals surface area contributed by atoms with Gasteiger partial charge >= 0.3 is 0 Å². The molecular weight excluding hydrogens is 240 g/mol. The van der Waals surface area contributed by atoms with Crippen molar-refractivity contribution < 1.29 is 4.92 Å². The smallest absolute Gasteiger partial charge is 0.293 e. The highest BCUT2D eigenvalue weighted by Gasteiger charge is 2.37. The van der Waals surface area contributed by atoms with E-state index in [-0.39, 0.29) is 11.2 Å². The van der Waals surface area contributed by atoms with Crippen LogP contribution in [0.15, 0.2) is 18.2 Å². The number of nitro groups is 1. The second-order valence-electron chi connectivity index (χ2n) is 4.50. The molecule has 17 heavy (non-hydrogen) atoms. The zero-order valence-electron chi connectivity index (χ0n) is 9.70. The van der Waals surface area contributed by atoms with Gasteiger partial charge in [0, 0.05) is 11.6 Å². The molecule has 1 saturated carbocycles. The molecule has 4 nitrogen and oxygen atoms in total. The summed E-state index contributed by atoms with van der Waals surface area (Å²) in [7, 11) is 0. The number of halogens is 1. The monoisotopic (exact) mass is 254 g/mol. The van der Waals surface area contributed by atoms with E-state index in [2.05, 4.69) is 12.2 Å². The minimum atomic E-state index is -0.393. The molecule has 2 rings (SSSR count). The summed E-state index contributed by atoms with van der Waals surface area (Å²) < 4.78 is 0. The van der Waals surface area contributed by atoms with E-state index in [9.17, 15) is 10.1 Å². The highest BCUT2D eigenvalue weighted by Crippen LogP contribution is 2.42. The summed E-state index contributed by atoms with van der Waals surface area (Å²) in [6, 6.07) is 4.76. The van der Waals surface area contributed by atoms with Crippen LogP contribution in [0.2, 0.25) is 5.02 Å². The van der Waals surface area contributed by atoms with Crippen molar-refractivity contribution >= 4 is 23.0 Å². The summed E-state index contributed by atoms with van der Waals surface area (Å²) in [6.45, 7) is 2.09. The van der Waals surface area contributed by atoms with Gasteiger partial charge in [0.05, 0.1) is 9.95 Å². The Morgan fingerprint density at radius 3 is 2.71 bits per heavy atom. The van der Waals surface area contributed by atoms with Gasteiger partial charge in [-0.1, -0.05) is 24.6 Å². The standard InChI is InChI=1S/C12H15ClN2O2/c1-2-12(7-4-8-12)14-11-9(13)5-3-6-10(11)15(16)17/h3,5-6,14H,2,4,7-8H2,1H3. The van der Waals surface area contributed by atoms with Crippen LogP contribution in [-0.4, -0.2) is 10.5 Å². The van der Waals surface area contributed by atoms with Crippen LogP contribution >= 0.6 is 11.6 Å². The molecule has 5 heteroatoms. The van der Waals surface area contributed by atoms with Crippen LogP contribution in [0.25, 0.3) is 0 Å². The minimum Gasteiger partial charge on any atom is -0.373 e. The molecular formula is C12H15ClN2O2. The topological polar surface area (TPSA) is 55.2 Å². The van der Waals surface area contributed by atoms with E-state index in [0.29, 0.717) is 10.7 Å². The van der Waals surface area contributed by atoms with E-state index in [0.717, 1.165) is 19.3 Å². The van der Waals surface area contributed by atoms with Crippen LogP contribution in [-0.2, 0) is 0 Å². The molecule has 1 aliphatic carbocycles. The number of nitro benzene ring substituents is 1. The third-order valence-corrected chi connectivity index (χ3v) is 3.88. The molecule has 0 atom stereocenters. The second-order valence-corrected chi connectivity index (χ2v) is 4.91. The normalized spacial score (nSPS) is 17.3. The number of nitrogens with zero attached hydrogens (tertiary/aromatic N) is 1. The van der Waals surface area contributed by atoms with Gasteiger partial charge in [0.1, 0.15) is 5.69 Å². The van der Waals surface area contributed by atoms with Crippen molar-refractivity contribution in [1.29, 1.82) is 0 Å². The van der Waals surface area contributed by atoms with Crippen molar-refractivity contribution in [2.75, 3.05) is 5.32 Å². The zero-order chi connectivity index (χ0) is 12.5. The van der Waals surface area contributed by atoms with E-state index in [1.807, 2.05) is 0 Å². The molecule has 1 aromatic rings. The molecule has 0 aliphatic heterocycles. The Kier molecular flexibility index (Phi) is 3.24. The van der Waals surface area contributed by atoms with Crippen molar-refractivity contribution in [3.8, 4) is 0 Å². The van der Waals surface area contributed by atoms with Crippen molar-refractivity contribution in [2.24, 2.45) is 0 Å². The maximum absolute atomic E-state index is 11.0. The SMILES string of the molecule is CCC1(Nc2c(Cl)cccc2[N+](=O)[O-])CCC1. The van der Waals surface area contributed by atoms with Crippen LogP contribution in [0.3, 0.4) is 0 Å². The molecule has 1 aromatic carbocycles. The van der Waals surface area contributed by atoms with E-state index in [4.69, 9.17) is 11.6 Å². The Bertz CT molecular complexity index is 439. The summed E-state index contributed by atoms with van der Waals surface area (Å²) in [4.78, 5) is 10.6. The zero-order valence-corrected chi connectivity index (χ0v) is 10.5. The van der Waals surface area contributed by atoms with Gasteiger partial charge < -0.3 is 5.32 Å². The lowest BCUT2D eigenvalue weighted by atomic mass is 9.74. The summed E-state index contributed by atoms with van der Waals surface area (Å²) in [6.07, 6.45) is 4.21. The van der Waals surface area contributed by atoms with Gasteiger partial charge in [-0.2, -0.15) is 0 Å². The predicted octanol–water partition coefficient (Wildman–Crippen LogP) is 3.99. The minimum absolute atomic E-state index is 0.00421. The summed E-state index contributed by atoms with van der Waals surface area (Å²) in [5, 5.41) is 14.7. The lowest BCUT2D eigenvalue weighted by molar-refractivity contribution is -0.384. The van der Waals surface area contributed by atoms with Crippen LogP contribution in [0.5, 0.6) is 0 Å². The van der Waals surface area contributed by atoms with Gasteiger partial charge in [-0.25, -0.2) is 0 Å². The van der Waals surface area contributed by atoms with Gasteiger partial charge in [-0.15, -0.1) is 0 Å². The number of para-hydroxylation sites is 1. The molecule has 0 bridgehead atoms. The van der Waals surface area contributed by atoms with Crippen molar-refractivity contribution in [2.45, 2.75) is 38.1 Å². The largest absolute Gasteiger partial charge is 0.373 e. The second kappa shape index (κ2) is 4.53. The first kappa shape index (κ1) is 12.2. The van der Waals surface area contributed by atoms with E-state index in [1.165, 1.54) is 12.5 Å². The van der Waals surface area contributed by atoms with Crippen molar-refractivity contribution in [3.05, 3.63) is 33.3 Å². The Labute approximate surface area is 105 Å². The summed E-state index contributed by atoms with van der Waals surface area (Å²) in [5.41, 5.74) is 0.508. The Hall–Kier alpha value is -1.29. The van der Waals surface area contributed by atoms with Gasteiger partial charge in [0.2, 0.25) is 0 Å². The maximum atomic E-state index is 11.0. The molecule has 1 N–H and O–H groups in total. The molecule has 0 unspecified atom stereocenters. The van der Waals surface area contributed by atoms with Gasteiger partial charge in [0.25, 0.3) is 5.69 Å². The molecule has 1 fully saturated rings. The summed E-state index contributed by atoms with van der Waals surface area (Å²) >= 11 is 6.05. The first-order valence-corrected chi connectivity index (χ1v) is 6.17. The number of hydrogen-bond donors (Lipinski definition) is 1. The molecule has 0 spiro atoms. The Morgan fingerprint density at radius 2 is 2.24 bits per heavy atom. The quantitative estimate of drug-likeness (QED) is 0.653. The Morgan fingerprint density at radius 1 is 1.53 bits per heavy atom. The van der Waals surface area contributed by atoms with Gasteiger partial charge in [-0.3, -0.25) is 10.1 Å². The molecule has 0 amide bonds. The molecule has 92 valence electrons. The van der Waals surface area contributed by atoms with E-state index >= 15 is 0 Å². The molecule has 0 aromatic heterocycles. The van der Waals surface area contributed by atoms with Crippen LogP contribution in [0.4, 0.5) is 11.4 Å². The number of benzene rings is 1. The highest BCUT2D eigenvalue weighted by atomic mass is 35.5. The van der Waals surface area contributed by atoms with Crippen LogP contribution < -0.4 is 5.32 Å². The predicted molar refractivity (Wildman–Crippen MR) is 68.6 cm³/mol. The average Bonchev–Trinajstić information content (AvgIpc) is 2.25. The fourth-order valence-corrected chi connectivity index (χ4v) is 2.44. The van der Waals surface area contributed by atoms with E-state index < -0.39 is 4.92 Å². The van der Waals surface area contributed by atoms with Crippen molar-refractivity contribution in [1.82, 2.24) is 0 Å². The number of anilines is 1. The molecule has 0 heterocycles. The molecule has 0 radical (unpaired) electrons. The van der Waals surface area contributed by atoms with Gasteiger partial charge in [0.15, 0.2) is 0 Å². The fourth-order valence-electron chi connectivity index (χ4n) is 2.22. The molecule has 1 aliphatic rings. The lowest BCUT2D eigenvalue weighted by Crippen LogP contribution is -2.44. The lowest BCUT2D eigenvalue weighted by Gasteiger charge is -2.42. The fraction of sp³-hybridized carbons (Fsp3) is 0.500. The summed E-state index contributed by atoms with van der Waals surface area (Å²) in [5.74, 6) is 0. The first-order chi connectivity index (χ1) is 8.08. The maximum Gasteiger partial charge on any atom is 0.293 e. The number of nitrogens with one attached hydrogen (secondary N) is 1. The van der Waals surface area contributed by atoms with Crippen LogP contribution in [0.1, 0.15) is 32.6 Å². The van der Waals surface area contributed by atoms with Crippen LogP contribution in [0, 0.1) is 10.1 Å². The van der Waals surface area contributed by atoms with Gasteiger partial charge in [-0.05, 0) is 31.7 Å². The first-order valence-electron chi connectivity index (χ1n) is 5.79. The highest BCUT2D eigenvalue weighted by molar-refractivity contribution is 6.33. The Balaban J connectivity index is 2.34. The average molecular weight is 255 g/mol. The van der Waals surface area contributed by atoms with E-state index in [1.54, 1.807) is 12.1 Å². The number of rotatable bonds is 4.